The van der Waals surface area contributed by atoms with Crippen molar-refractivity contribution in [1.82, 2.24) is 4.98 Å². The number of ether oxygens (including phenoxy) is 1. The summed E-state index contributed by atoms with van der Waals surface area (Å²) in [7, 11) is 1.63. The number of hydrogen-bond acceptors (Lipinski definition) is 5. The molecule has 1 amide bonds. The molecule has 0 spiro atoms. The van der Waals surface area contributed by atoms with Crippen LogP contribution in [0.3, 0.4) is 0 Å². The van der Waals surface area contributed by atoms with Crippen LogP contribution in [0.15, 0.2) is 66.9 Å². The van der Waals surface area contributed by atoms with Crippen LogP contribution in [0, 0.1) is 0 Å². The van der Waals surface area contributed by atoms with E-state index in [-0.39, 0.29) is 5.91 Å². The Hall–Kier alpha value is -3.54. The molecular formula is C23H26N4O2. The maximum atomic E-state index is 12.5. The molecule has 6 nitrogen and oxygen atoms in total. The number of amides is 1. The summed E-state index contributed by atoms with van der Waals surface area (Å²) < 4.78 is 5.15. The predicted octanol–water partition coefficient (Wildman–Crippen LogP) is 4.93. The van der Waals surface area contributed by atoms with Gasteiger partial charge in [0.15, 0.2) is 0 Å². The summed E-state index contributed by atoms with van der Waals surface area (Å²) >= 11 is 0. The van der Waals surface area contributed by atoms with Crippen molar-refractivity contribution in [2.45, 2.75) is 13.8 Å². The lowest BCUT2D eigenvalue weighted by atomic mass is 10.2. The Morgan fingerprint density at radius 1 is 0.897 bits per heavy atom. The van der Waals surface area contributed by atoms with E-state index in [9.17, 15) is 4.79 Å². The Morgan fingerprint density at radius 2 is 1.52 bits per heavy atom. The van der Waals surface area contributed by atoms with E-state index in [1.165, 1.54) is 0 Å². The highest BCUT2D eigenvalue weighted by Gasteiger charge is 2.09. The van der Waals surface area contributed by atoms with E-state index in [2.05, 4.69) is 34.4 Å². The van der Waals surface area contributed by atoms with E-state index >= 15 is 0 Å². The minimum atomic E-state index is -0.239. The van der Waals surface area contributed by atoms with Gasteiger partial charge in [-0.3, -0.25) is 4.79 Å². The second kappa shape index (κ2) is 9.59. The summed E-state index contributed by atoms with van der Waals surface area (Å²) in [5.74, 6) is 0.558. The van der Waals surface area contributed by atoms with Gasteiger partial charge in [0.2, 0.25) is 0 Å². The molecule has 0 bridgehead atoms. The molecule has 0 aliphatic rings. The standard InChI is InChI=1S/C23H26N4O2/c1-4-27(5-2)20-11-6-18(7-12-20)26-23(28)22-15-10-19(16-24-22)25-17-8-13-21(29-3)14-9-17/h6-16,25H,4-5H2,1-3H3,(H,26,28). The number of benzene rings is 2. The lowest BCUT2D eigenvalue weighted by Gasteiger charge is -2.21. The number of methoxy groups -OCH3 is 1. The fraction of sp³-hybridized carbons (Fsp3) is 0.217. The molecular weight excluding hydrogens is 364 g/mol. The summed E-state index contributed by atoms with van der Waals surface area (Å²) in [6, 6.07) is 19.0. The molecule has 0 saturated heterocycles. The second-order valence-electron chi connectivity index (χ2n) is 6.46. The highest BCUT2D eigenvalue weighted by Crippen LogP contribution is 2.20. The van der Waals surface area contributed by atoms with Crippen molar-refractivity contribution in [3.05, 3.63) is 72.6 Å². The number of nitrogens with zero attached hydrogens (tertiary/aromatic N) is 2. The van der Waals surface area contributed by atoms with Crippen LogP contribution in [0.5, 0.6) is 5.75 Å². The van der Waals surface area contributed by atoms with Crippen LogP contribution in [0.1, 0.15) is 24.3 Å². The molecule has 0 unspecified atom stereocenters. The minimum absolute atomic E-state index is 0.239. The molecule has 0 aliphatic carbocycles. The third-order valence-corrected chi connectivity index (χ3v) is 4.63. The highest BCUT2D eigenvalue weighted by atomic mass is 16.5. The van der Waals surface area contributed by atoms with Gasteiger partial charge in [0.05, 0.1) is 19.0 Å². The first-order valence-corrected chi connectivity index (χ1v) is 9.66. The van der Waals surface area contributed by atoms with Gasteiger partial charge in [-0.25, -0.2) is 4.98 Å². The average Bonchev–Trinajstić information content (AvgIpc) is 2.77. The van der Waals surface area contributed by atoms with Gasteiger partial charge in [-0.05, 0) is 74.5 Å². The van der Waals surface area contributed by atoms with E-state index in [0.717, 1.165) is 41.6 Å². The van der Waals surface area contributed by atoms with E-state index in [0.29, 0.717) is 5.69 Å². The highest BCUT2D eigenvalue weighted by molar-refractivity contribution is 6.03. The number of anilines is 4. The molecule has 29 heavy (non-hydrogen) atoms. The zero-order chi connectivity index (χ0) is 20.6. The van der Waals surface area contributed by atoms with Gasteiger partial charge in [0, 0.05) is 30.2 Å². The number of hydrogen-bond donors (Lipinski definition) is 2. The molecule has 0 saturated carbocycles. The lowest BCUT2D eigenvalue weighted by Crippen LogP contribution is -2.21. The quantitative estimate of drug-likeness (QED) is 0.571. The van der Waals surface area contributed by atoms with Crippen LogP contribution < -0.4 is 20.3 Å². The SMILES string of the molecule is CCN(CC)c1ccc(NC(=O)c2ccc(Nc3ccc(OC)cc3)cn2)cc1. The smallest absolute Gasteiger partial charge is 0.274 e. The molecule has 2 N–H and O–H groups in total. The van der Waals surface area contributed by atoms with E-state index in [1.807, 2.05) is 54.6 Å². The average molecular weight is 390 g/mol. The topological polar surface area (TPSA) is 66.5 Å². The predicted molar refractivity (Wildman–Crippen MR) is 118 cm³/mol. The van der Waals surface area contributed by atoms with E-state index < -0.39 is 0 Å². The summed E-state index contributed by atoms with van der Waals surface area (Å²) in [6.45, 7) is 6.14. The van der Waals surface area contributed by atoms with Crippen LogP contribution >= 0.6 is 0 Å². The Labute approximate surface area is 171 Å². The maximum Gasteiger partial charge on any atom is 0.274 e. The minimum Gasteiger partial charge on any atom is -0.497 e. The Morgan fingerprint density at radius 3 is 2.07 bits per heavy atom. The van der Waals surface area contributed by atoms with Crippen LogP contribution in [-0.2, 0) is 0 Å². The zero-order valence-corrected chi connectivity index (χ0v) is 17.0. The first-order chi connectivity index (χ1) is 14.1. The summed E-state index contributed by atoms with van der Waals surface area (Å²) in [5.41, 5.74) is 3.96. The lowest BCUT2D eigenvalue weighted by molar-refractivity contribution is 0.102. The third kappa shape index (κ3) is 5.25. The molecule has 0 fully saturated rings. The summed E-state index contributed by atoms with van der Waals surface area (Å²) in [4.78, 5) is 19.0. The molecule has 0 aliphatic heterocycles. The Kier molecular flexibility index (Phi) is 6.68. The van der Waals surface area contributed by atoms with Crippen LogP contribution in [0.2, 0.25) is 0 Å². The molecule has 3 rings (SSSR count). The third-order valence-electron chi connectivity index (χ3n) is 4.63. The molecule has 2 aromatic carbocycles. The molecule has 0 atom stereocenters. The second-order valence-corrected chi connectivity index (χ2v) is 6.46. The molecule has 1 aromatic heterocycles. The first-order valence-electron chi connectivity index (χ1n) is 9.66. The van der Waals surface area contributed by atoms with Gasteiger partial charge >= 0.3 is 0 Å². The largest absolute Gasteiger partial charge is 0.497 e. The number of carbonyl (C=O) groups is 1. The summed E-state index contributed by atoms with van der Waals surface area (Å²) in [5, 5.41) is 6.13. The Bertz CT molecular complexity index is 919. The van der Waals surface area contributed by atoms with Crippen molar-refractivity contribution in [3.63, 3.8) is 0 Å². The van der Waals surface area contributed by atoms with Crippen molar-refractivity contribution in [3.8, 4) is 5.75 Å². The van der Waals surface area contributed by atoms with Crippen LogP contribution in [0.4, 0.5) is 22.7 Å². The van der Waals surface area contributed by atoms with Gasteiger partial charge in [-0.2, -0.15) is 0 Å². The number of rotatable bonds is 8. The molecule has 3 aromatic rings. The maximum absolute atomic E-state index is 12.5. The molecule has 150 valence electrons. The zero-order valence-electron chi connectivity index (χ0n) is 17.0. The van der Waals surface area contributed by atoms with Crippen LogP contribution in [-0.4, -0.2) is 31.1 Å². The van der Waals surface area contributed by atoms with E-state index in [4.69, 9.17) is 4.74 Å². The van der Waals surface area contributed by atoms with Crippen LogP contribution in [0.25, 0.3) is 0 Å². The van der Waals surface area contributed by atoms with Gasteiger partial charge in [-0.1, -0.05) is 0 Å². The van der Waals surface area contributed by atoms with Crippen molar-refractivity contribution in [2.75, 3.05) is 35.7 Å². The molecule has 0 radical (unpaired) electrons. The van der Waals surface area contributed by atoms with E-state index in [1.54, 1.807) is 19.4 Å². The Balaban J connectivity index is 1.61. The first kappa shape index (κ1) is 20.2. The summed E-state index contributed by atoms with van der Waals surface area (Å²) in [6.07, 6.45) is 1.64. The van der Waals surface area contributed by atoms with Crippen molar-refractivity contribution >= 4 is 28.7 Å². The fourth-order valence-corrected chi connectivity index (χ4v) is 2.98. The number of nitrogens with one attached hydrogen (secondary N) is 2. The number of carbonyl (C=O) groups excluding carboxylic acids is 1. The monoisotopic (exact) mass is 390 g/mol. The van der Waals surface area contributed by atoms with Gasteiger partial charge < -0.3 is 20.3 Å². The molecule has 1 heterocycles. The van der Waals surface area contributed by atoms with Crippen molar-refractivity contribution in [1.29, 1.82) is 0 Å². The van der Waals surface area contributed by atoms with Crippen molar-refractivity contribution in [2.24, 2.45) is 0 Å². The number of pyridine rings is 1. The normalized spacial score (nSPS) is 10.3. The van der Waals surface area contributed by atoms with Crippen molar-refractivity contribution < 1.29 is 9.53 Å². The number of aromatic nitrogens is 1. The van der Waals surface area contributed by atoms with Gasteiger partial charge in [0.1, 0.15) is 11.4 Å². The fourth-order valence-electron chi connectivity index (χ4n) is 2.98. The van der Waals surface area contributed by atoms with Gasteiger partial charge in [0.25, 0.3) is 5.91 Å². The molecule has 6 heteroatoms. The van der Waals surface area contributed by atoms with Gasteiger partial charge in [-0.15, -0.1) is 0 Å².